The first-order chi connectivity index (χ1) is 10.7. The van der Waals surface area contributed by atoms with Crippen molar-refractivity contribution >= 4 is 40.8 Å². The van der Waals surface area contributed by atoms with Gasteiger partial charge in [0.15, 0.2) is 0 Å². The molecule has 0 unspecified atom stereocenters. The molecule has 0 saturated carbocycles. The number of amides is 2. The number of nitrogens with zero attached hydrogens (tertiary/aromatic N) is 1. The minimum Gasteiger partial charge on any atom is -0.369 e. The van der Waals surface area contributed by atoms with E-state index in [0.29, 0.717) is 11.6 Å². The Balaban J connectivity index is 1.87. The normalized spacial score (nSPS) is 14.7. The summed E-state index contributed by atoms with van der Waals surface area (Å²) < 4.78 is 0. The summed E-state index contributed by atoms with van der Waals surface area (Å²) in [7, 11) is 0. The molecule has 0 bridgehead atoms. The van der Waals surface area contributed by atoms with E-state index in [1.54, 1.807) is 0 Å². The molecule has 1 saturated heterocycles. The third kappa shape index (κ3) is 5.29. The molecule has 6 heteroatoms. The van der Waals surface area contributed by atoms with Gasteiger partial charge in [0.2, 0.25) is 0 Å². The number of urea groups is 1. The molecule has 0 aliphatic carbocycles. The van der Waals surface area contributed by atoms with Crippen molar-refractivity contribution < 1.29 is 4.79 Å². The van der Waals surface area contributed by atoms with Gasteiger partial charge in [-0.05, 0) is 24.6 Å². The van der Waals surface area contributed by atoms with Gasteiger partial charge in [0.1, 0.15) is 0 Å². The molecule has 1 aromatic rings. The zero-order valence-corrected chi connectivity index (χ0v) is 14.6. The van der Waals surface area contributed by atoms with Gasteiger partial charge in [-0.1, -0.05) is 31.4 Å². The van der Waals surface area contributed by atoms with Crippen molar-refractivity contribution in [1.82, 2.24) is 5.32 Å². The molecule has 2 amide bonds. The van der Waals surface area contributed by atoms with Crippen molar-refractivity contribution in [3.05, 3.63) is 23.2 Å². The second-order valence-corrected chi connectivity index (χ2v) is 6.99. The fraction of sp³-hybridized carbons (Fsp3) is 0.562. The van der Waals surface area contributed by atoms with Crippen LogP contribution >= 0.6 is 23.4 Å². The van der Waals surface area contributed by atoms with Crippen molar-refractivity contribution in [1.29, 1.82) is 0 Å². The van der Waals surface area contributed by atoms with E-state index in [-0.39, 0.29) is 6.03 Å². The van der Waals surface area contributed by atoms with Crippen LogP contribution in [-0.2, 0) is 0 Å². The first-order valence-electron chi connectivity index (χ1n) is 7.88. The number of unbranched alkanes of at least 4 members (excludes halogenated alkanes) is 2. The molecule has 1 aliphatic rings. The fourth-order valence-electron chi connectivity index (χ4n) is 2.40. The summed E-state index contributed by atoms with van der Waals surface area (Å²) in [5, 5.41) is 6.38. The quantitative estimate of drug-likeness (QED) is 0.762. The number of carbonyl (C=O) groups is 1. The molecule has 2 N–H and O–H groups in total. The number of nitrogens with one attached hydrogen (secondary N) is 2. The van der Waals surface area contributed by atoms with Crippen molar-refractivity contribution in [2.75, 3.05) is 41.4 Å². The van der Waals surface area contributed by atoms with Gasteiger partial charge in [-0.3, -0.25) is 0 Å². The van der Waals surface area contributed by atoms with E-state index < -0.39 is 0 Å². The third-order valence-corrected chi connectivity index (χ3v) is 4.87. The smallest absolute Gasteiger partial charge is 0.319 e. The molecule has 1 aliphatic heterocycles. The lowest BCUT2D eigenvalue weighted by atomic mass is 10.2. The lowest BCUT2D eigenvalue weighted by Gasteiger charge is -2.29. The lowest BCUT2D eigenvalue weighted by molar-refractivity contribution is 0.252. The summed E-state index contributed by atoms with van der Waals surface area (Å²) in [6.45, 7) is 4.89. The number of thioether (sulfide) groups is 1. The number of hydrogen-bond acceptors (Lipinski definition) is 3. The Labute approximate surface area is 142 Å². The number of hydrogen-bond donors (Lipinski definition) is 2. The highest BCUT2D eigenvalue weighted by molar-refractivity contribution is 7.99. The molecule has 1 heterocycles. The molecule has 0 radical (unpaired) electrons. The zero-order chi connectivity index (χ0) is 15.8. The van der Waals surface area contributed by atoms with Gasteiger partial charge in [-0.15, -0.1) is 0 Å². The predicted octanol–water partition coefficient (Wildman–Crippen LogP) is 4.20. The number of halogens is 1. The Morgan fingerprint density at radius 2 is 2.09 bits per heavy atom. The van der Waals surface area contributed by atoms with Gasteiger partial charge in [-0.25, -0.2) is 4.79 Å². The van der Waals surface area contributed by atoms with Crippen LogP contribution in [0, 0.1) is 0 Å². The van der Waals surface area contributed by atoms with Gasteiger partial charge >= 0.3 is 6.03 Å². The third-order valence-electron chi connectivity index (χ3n) is 3.62. The molecule has 22 heavy (non-hydrogen) atoms. The van der Waals surface area contributed by atoms with Gasteiger partial charge < -0.3 is 15.5 Å². The Morgan fingerprint density at radius 1 is 1.32 bits per heavy atom. The summed E-state index contributed by atoms with van der Waals surface area (Å²) in [6, 6.07) is 5.55. The Morgan fingerprint density at radius 3 is 2.77 bits per heavy atom. The van der Waals surface area contributed by atoms with Crippen LogP contribution in [-0.4, -0.2) is 37.2 Å². The van der Waals surface area contributed by atoms with Crippen LogP contribution in [0.4, 0.5) is 16.2 Å². The summed E-state index contributed by atoms with van der Waals surface area (Å²) in [5.74, 6) is 2.27. The maximum absolute atomic E-state index is 11.8. The van der Waals surface area contributed by atoms with E-state index in [9.17, 15) is 4.79 Å². The number of rotatable bonds is 6. The molecule has 4 nitrogen and oxygen atoms in total. The van der Waals surface area contributed by atoms with E-state index in [4.69, 9.17) is 11.6 Å². The molecular formula is C16H24ClN3OS. The Bertz CT molecular complexity index is 492. The van der Waals surface area contributed by atoms with Crippen LogP contribution in [0.2, 0.25) is 5.02 Å². The van der Waals surface area contributed by atoms with Gasteiger partial charge in [0, 0.05) is 36.8 Å². The van der Waals surface area contributed by atoms with Crippen molar-refractivity contribution in [2.45, 2.75) is 26.2 Å². The van der Waals surface area contributed by atoms with E-state index in [1.165, 1.54) is 0 Å². The standard InChI is InChI=1S/C16H24ClN3OS/c1-2-3-4-7-18-16(21)19-13-5-6-15(14(17)12-13)20-8-10-22-11-9-20/h5-6,12H,2-4,7-11H2,1H3,(H2,18,19,21). The Hall–Kier alpha value is -1.07. The van der Waals surface area contributed by atoms with E-state index in [0.717, 1.165) is 55.2 Å². The molecule has 1 aromatic carbocycles. The molecule has 2 rings (SSSR count). The van der Waals surface area contributed by atoms with Gasteiger partial charge in [0.05, 0.1) is 10.7 Å². The minimum atomic E-state index is -0.172. The number of carbonyl (C=O) groups excluding carboxylic acids is 1. The Kier molecular flexibility index (Phi) is 7.19. The summed E-state index contributed by atoms with van der Waals surface area (Å²) in [5.41, 5.74) is 1.78. The first-order valence-corrected chi connectivity index (χ1v) is 9.41. The fourth-order valence-corrected chi connectivity index (χ4v) is 3.60. The number of anilines is 2. The van der Waals surface area contributed by atoms with Crippen LogP contribution in [0.1, 0.15) is 26.2 Å². The van der Waals surface area contributed by atoms with Crippen LogP contribution in [0.5, 0.6) is 0 Å². The summed E-state index contributed by atoms with van der Waals surface area (Å²) >= 11 is 8.34. The lowest BCUT2D eigenvalue weighted by Crippen LogP contribution is -2.32. The van der Waals surface area contributed by atoms with E-state index >= 15 is 0 Å². The highest BCUT2D eigenvalue weighted by atomic mass is 35.5. The molecule has 1 fully saturated rings. The van der Waals surface area contributed by atoms with Gasteiger partial charge in [-0.2, -0.15) is 11.8 Å². The van der Waals surface area contributed by atoms with Crippen LogP contribution in [0.3, 0.4) is 0 Å². The topological polar surface area (TPSA) is 44.4 Å². The number of benzene rings is 1. The average Bonchev–Trinajstić information content (AvgIpc) is 2.52. The molecule has 0 spiro atoms. The highest BCUT2D eigenvalue weighted by Gasteiger charge is 2.14. The monoisotopic (exact) mass is 341 g/mol. The van der Waals surface area contributed by atoms with Crippen molar-refractivity contribution in [2.24, 2.45) is 0 Å². The molecular weight excluding hydrogens is 318 g/mol. The largest absolute Gasteiger partial charge is 0.369 e. The first kappa shape index (κ1) is 17.3. The predicted molar refractivity (Wildman–Crippen MR) is 97.5 cm³/mol. The average molecular weight is 342 g/mol. The zero-order valence-electron chi connectivity index (χ0n) is 13.0. The van der Waals surface area contributed by atoms with Crippen LogP contribution < -0.4 is 15.5 Å². The molecule has 122 valence electrons. The van der Waals surface area contributed by atoms with Crippen molar-refractivity contribution in [3.63, 3.8) is 0 Å². The molecule has 0 atom stereocenters. The van der Waals surface area contributed by atoms with Crippen LogP contribution in [0.15, 0.2) is 18.2 Å². The summed E-state index contributed by atoms with van der Waals surface area (Å²) in [4.78, 5) is 14.1. The van der Waals surface area contributed by atoms with Gasteiger partial charge in [0.25, 0.3) is 0 Å². The second-order valence-electron chi connectivity index (χ2n) is 5.35. The highest BCUT2D eigenvalue weighted by Crippen LogP contribution is 2.30. The molecule has 0 aromatic heterocycles. The van der Waals surface area contributed by atoms with Crippen LogP contribution in [0.25, 0.3) is 0 Å². The second kappa shape index (κ2) is 9.16. The van der Waals surface area contributed by atoms with E-state index in [2.05, 4.69) is 22.5 Å². The van der Waals surface area contributed by atoms with E-state index in [1.807, 2.05) is 30.0 Å². The van der Waals surface area contributed by atoms with Crippen molar-refractivity contribution in [3.8, 4) is 0 Å². The summed E-state index contributed by atoms with van der Waals surface area (Å²) in [6.07, 6.45) is 3.29. The maximum Gasteiger partial charge on any atom is 0.319 e. The SMILES string of the molecule is CCCCCNC(=O)Nc1ccc(N2CCSCC2)c(Cl)c1. The minimum absolute atomic E-state index is 0.172. The maximum atomic E-state index is 11.8.